The van der Waals surface area contributed by atoms with Crippen LogP contribution in [-0.2, 0) is 76.7 Å². The van der Waals surface area contributed by atoms with Gasteiger partial charge in [-0.1, -0.05) is 103 Å². The van der Waals surface area contributed by atoms with Gasteiger partial charge in [0.05, 0.1) is 33.0 Å². The minimum atomic E-state index is -1.82. The van der Waals surface area contributed by atoms with Crippen LogP contribution in [-0.4, -0.2) is 93.7 Å². The van der Waals surface area contributed by atoms with Crippen LogP contribution in [0, 0.1) is 0 Å². The molecule has 0 saturated carbocycles. The normalized spacial score (nSPS) is 31.2. The van der Waals surface area contributed by atoms with Gasteiger partial charge in [0.15, 0.2) is 18.2 Å². The van der Waals surface area contributed by atoms with Gasteiger partial charge >= 0.3 is 5.97 Å². The van der Waals surface area contributed by atoms with E-state index in [4.69, 9.17) is 52.1 Å². The van der Waals surface area contributed by atoms with E-state index in [0.29, 0.717) is 6.61 Å². The number of rotatable bonds is 15. The Bertz CT molecular complexity index is 1620. The quantitative estimate of drug-likeness (QED) is 0.116. The molecule has 4 aliphatic rings. The van der Waals surface area contributed by atoms with Crippen LogP contribution in [0.5, 0.6) is 0 Å². The van der Waals surface area contributed by atoms with Gasteiger partial charge in [-0.25, -0.2) is 4.79 Å². The van der Waals surface area contributed by atoms with Gasteiger partial charge in [0.2, 0.25) is 0 Å². The largest absolute Gasteiger partial charge is 0.453 e. The Labute approximate surface area is 310 Å². The maximum atomic E-state index is 14.2. The molecule has 7 rings (SSSR count). The number of fused-ring (bicyclic) bond motifs is 1. The van der Waals surface area contributed by atoms with Crippen molar-refractivity contribution in [3.8, 4) is 0 Å². The van der Waals surface area contributed by atoms with E-state index in [1.165, 1.54) is 7.11 Å². The molecule has 3 saturated heterocycles. The molecule has 4 heterocycles. The number of esters is 1. The number of benzene rings is 3. The highest BCUT2D eigenvalue weighted by Gasteiger charge is 2.61. The van der Waals surface area contributed by atoms with Crippen LogP contribution in [0.3, 0.4) is 0 Å². The third-order valence-corrected chi connectivity index (χ3v) is 9.55. The van der Waals surface area contributed by atoms with E-state index in [-0.39, 0.29) is 39.6 Å². The fourth-order valence-electron chi connectivity index (χ4n) is 6.95. The molecule has 3 aromatic rings. The second-order valence-electron chi connectivity index (χ2n) is 13.9. The van der Waals surface area contributed by atoms with Gasteiger partial charge in [0.1, 0.15) is 43.4 Å². The van der Waals surface area contributed by atoms with E-state index < -0.39 is 66.6 Å². The fourth-order valence-corrected chi connectivity index (χ4v) is 6.95. The Morgan fingerprint density at radius 3 is 2.06 bits per heavy atom. The Balaban J connectivity index is 1.17. The number of hydrogen-bond acceptors (Lipinski definition) is 12. The minimum Gasteiger partial charge on any atom is -0.453 e. The lowest BCUT2D eigenvalue weighted by Gasteiger charge is -2.52. The molecule has 284 valence electrons. The van der Waals surface area contributed by atoms with Gasteiger partial charge in [-0.2, -0.15) is 0 Å². The summed E-state index contributed by atoms with van der Waals surface area (Å²) in [6.07, 6.45) is -2.49. The molecule has 3 fully saturated rings. The summed E-state index contributed by atoms with van der Waals surface area (Å²) in [5.74, 6) is -3.33. The maximum Gasteiger partial charge on any atom is 0.367 e. The number of ether oxygens (including phenoxy) is 11. The highest BCUT2D eigenvalue weighted by Crippen LogP contribution is 2.42. The lowest BCUT2D eigenvalue weighted by Crippen LogP contribution is -2.70. The second kappa shape index (κ2) is 17.3. The number of carbonyl (C=O) groups is 1. The van der Waals surface area contributed by atoms with Gasteiger partial charge < -0.3 is 52.1 Å². The first-order valence-electron chi connectivity index (χ1n) is 18.1. The molecule has 9 atom stereocenters. The van der Waals surface area contributed by atoms with Crippen LogP contribution in [0.2, 0.25) is 0 Å². The fraction of sp³-hybridized carbons (Fsp3) is 0.488. The monoisotopic (exact) mass is 732 g/mol. The molecule has 53 heavy (non-hydrogen) atoms. The molecule has 0 unspecified atom stereocenters. The molecule has 0 radical (unpaired) electrons. The van der Waals surface area contributed by atoms with E-state index in [2.05, 4.69) is 0 Å². The van der Waals surface area contributed by atoms with Crippen molar-refractivity contribution in [1.29, 1.82) is 0 Å². The number of hydrogen-bond donors (Lipinski definition) is 0. The topological polar surface area (TPSA) is 119 Å². The lowest BCUT2D eigenvalue weighted by molar-refractivity contribution is -0.387. The van der Waals surface area contributed by atoms with Crippen LogP contribution >= 0.6 is 0 Å². The van der Waals surface area contributed by atoms with Crippen molar-refractivity contribution in [1.82, 2.24) is 0 Å². The van der Waals surface area contributed by atoms with Crippen LogP contribution in [0.1, 0.15) is 37.0 Å². The smallest absolute Gasteiger partial charge is 0.367 e. The van der Waals surface area contributed by atoms with Gasteiger partial charge in [-0.15, -0.1) is 0 Å². The van der Waals surface area contributed by atoms with Crippen molar-refractivity contribution in [2.75, 3.05) is 27.1 Å². The Morgan fingerprint density at radius 1 is 0.792 bits per heavy atom. The van der Waals surface area contributed by atoms with Crippen molar-refractivity contribution in [3.05, 3.63) is 120 Å². The first-order valence-corrected chi connectivity index (χ1v) is 18.1. The van der Waals surface area contributed by atoms with E-state index >= 15 is 0 Å². The average molecular weight is 733 g/mol. The van der Waals surface area contributed by atoms with E-state index in [0.717, 1.165) is 16.7 Å². The molecule has 3 aromatic carbocycles. The van der Waals surface area contributed by atoms with Crippen LogP contribution in [0.4, 0.5) is 0 Å². The van der Waals surface area contributed by atoms with Crippen molar-refractivity contribution in [3.63, 3.8) is 0 Å². The lowest BCUT2D eigenvalue weighted by atomic mass is 9.94. The molecule has 12 heteroatoms. The summed E-state index contributed by atoms with van der Waals surface area (Å²) >= 11 is 0. The summed E-state index contributed by atoms with van der Waals surface area (Å²) in [6.45, 7) is 4.81. The van der Waals surface area contributed by atoms with Gasteiger partial charge in [0.25, 0.3) is 5.79 Å². The van der Waals surface area contributed by atoms with Crippen LogP contribution in [0.15, 0.2) is 103 Å². The molecule has 0 amide bonds. The highest BCUT2D eigenvalue weighted by atomic mass is 16.8. The van der Waals surface area contributed by atoms with Crippen molar-refractivity contribution in [2.45, 2.75) is 101 Å². The standard InChI is InChI=1S/C41H48O12/c1-40(2)48-26-33(51-40)34(47-27-43-3)31-20-13-21-41(52-31)39(42)50-35-32(25-44-22-28-14-7-4-8-15-28)49-38(46-24-30-18-11-6-12-19-30)37(36(35)53-41)45-23-29-16-9-5-10-17-29/h4-20,31-38H,21-27H2,1-3H3/t31-,32-,33-,34+,35+,36+,37-,38-,41+/m1/s1. The molecule has 0 bridgehead atoms. The summed E-state index contributed by atoms with van der Waals surface area (Å²) in [4.78, 5) is 14.2. The zero-order chi connectivity index (χ0) is 36.7. The van der Waals surface area contributed by atoms with Gasteiger partial charge in [-0.3, -0.25) is 0 Å². The Morgan fingerprint density at radius 2 is 1.43 bits per heavy atom. The number of methoxy groups -OCH3 is 1. The van der Waals surface area contributed by atoms with Crippen molar-refractivity contribution < 1.29 is 56.9 Å². The minimum absolute atomic E-state index is 0.0283. The average Bonchev–Trinajstić information content (AvgIpc) is 3.54. The first-order chi connectivity index (χ1) is 25.8. The van der Waals surface area contributed by atoms with Crippen molar-refractivity contribution in [2.24, 2.45) is 0 Å². The second-order valence-corrected chi connectivity index (χ2v) is 13.9. The first kappa shape index (κ1) is 37.8. The molecule has 0 aromatic heterocycles. The third-order valence-electron chi connectivity index (χ3n) is 9.55. The summed E-state index contributed by atoms with van der Waals surface area (Å²) in [5.41, 5.74) is 2.89. The molecular weight excluding hydrogens is 684 g/mol. The summed E-state index contributed by atoms with van der Waals surface area (Å²) in [6, 6.07) is 29.4. The summed E-state index contributed by atoms with van der Waals surface area (Å²) < 4.78 is 68.9. The highest BCUT2D eigenvalue weighted by molar-refractivity contribution is 5.79. The van der Waals surface area contributed by atoms with E-state index in [1.807, 2.05) is 117 Å². The number of carbonyl (C=O) groups excluding carboxylic acids is 1. The molecule has 0 aliphatic carbocycles. The zero-order valence-electron chi connectivity index (χ0n) is 30.3. The summed E-state index contributed by atoms with van der Waals surface area (Å²) in [7, 11) is 1.53. The third kappa shape index (κ3) is 9.23. The predicted octanol–water partition coefficient (Wildman–Crippen LogP) is 5.22. The van der Waals surface area contributed by atoms with Gasteiger partial charge in [0, 0.05) is 13.5 Å². The molecule has 0 N–H and O–H groups in total. The zero-order valence-corrected chi connectivity index (χ0v) is 30.3. The van der Waals surface area contributed by atoms with E-state index in [9.17, 15) is 4.79 Å². The predicted molar refractivity (Wildman–Crippen MR) is 189 cm³/mol. The molecule has 12 nitrogen and oxygen atoms in total. The molecule has 4 aliphatic heterocycles. The van der Waals surface area contributed by atoms with Crippen LogP contribution in [0.25, 0.3) is 0 Å². The van der Waals surface area contributed by atoms with Crippen LogP contribution < -0.4 is 0 Å². The Kier molecular flexibility index (Phi) is 12.3. The molecule has 1 spiro atoms. The SMILES string of the molecule is COCO[C@@H]([C@H]1C=CC[C@@]2(O[C@H]3[C@@H](OC2=O)[C@@H](COCc2ccccc2)O[C@@H](OCc2ccccc2)[C@@H]3OCc2ccccc2)O1)[C@H]1COC(C)(C)O1. The van der Waals surface area contributed by atoms with E-state index in [1.54, 1.807) is 0 Å². The summed E-state index contributed by atoms with van der Waals surface area (Å²) in [5, 5.41) is 0. The Hall–Kier alpha value is -3.53. The van der Waals surface area contributed by atoms with Crippen molar-refractivity contribution >= 4 is 5.97 Å². The molecular formula is C41H48O12. The van der Waals surface area contributed by atoms with Gasteiger partial charge in [-0.05, 0) is 30.5 Å². The maximum absolute atomic E-state index is 14.2.